The highest BCUT2D eigenvalue weighted by atomic mass is 32.2. The summed E-state index contributed by atoms with van der Waals surface area (Å²) < 4.78 is 7.13. The van der Waals surface area contributed by atoms with Gasteiger partial charge in [-0.1, -0.05) is 30.0 Å². The van der Waals surface area contributed by atoms with Gasteiger partial charge in [0.15, 0.2) is 0 Å². The van der Waals surface area contributed by atoms with Gasteiger partial charge in [-0.3, -0.25) is 18.9 Å². The zero-order valence-corrected chi connectivity index (χ0v) is 17.6. The Labute approximate surface area is 181 Å². The molecule has 8 nitrogen and oxygen atoms in total. The Hall–Kier alpha value is -2.95. The lowest BCUT2D eigenvalue weighted by molar-refractivity contribution is -0.122. The number of aliphatic hydroxyl groups is 1. The van der Waals surface area contributed by atoms with Crippen LogP contribution in [0.3, 0.4) is 0 Å². The fraction of sp³-hybridized carbons (Fsp3) is 0.200. The van der Waals surface area contributed by atoms with Gasteiger partial charge in [-0.15, -0.1) is 0 Å². The van der Waals surface area contributed by atoms with Crippen LogP contribution >= 0.6 is 24.0 Å². The zero-order chi connectivity index (χ0) is 21.3. The molecule has 0 radical (unpaired) electrons. The van der Waals surface area contributed by atoms with Crippen LogP contribution in [0.15, 0.2) is 50.8 Å². The topological polar surface area (TPSA) is 100 Å². The molecule has 0 unspecified atom stereocenters. The number of thioether (sulfide) groups is 1. The van der Waals surface area contributed by atoms with Crippen molar-refractivity contribution in [2.24, 2.45) is 0 Å². The van der Waals surface area contributed by atoms with E-state index in [1.54, 1.807) is 24.4 Å². The summed E-state index contributed by atoms with van der Waals surface area (Å²) in [7, 11) is 0. The van der Waals surface area contributed by atoms with Crippen LogP contribution in [0, 0.1) is 6.92 Å². The minimum absolute atomic E-state index is 0.125. The number of aromatic nitrogens is 2. The van der Waals surface area contributed by atoms with Crippen molar-refractivity contribution in [3.8, 4) is 0 Å². The Morgan fingerprint density at radius 1 is 1.33 bits per heavy atom. The number of pyridine rings is 1. The number of aryl methyl sites for hydroxylation is 1. The van der Waals surface area contributed by atoms with Gasteiger partial charge in [0.25, 0.3) is 11.5 Å². The number of aliphatic hydroxyl groups excluding tert-OH is 1. The van der Waals surface area contributed by atoms with Crippen LogP contribution in [0.5, 0.6) is 0 Å². The Morgan fingerprint density at radius 2 is 2.17 bits per heavy atom. The molecule has 1 saturated heterocycles. The SMILES string of the molecule is Cc1ccc2nc(NCCO)c(/C=C3\SC(=S)N(Cc4ccco4)C3=O)c(=O)n2c1. The number of hydrogen-bond acceptors (Lipinski definition) is 8. The molecule has 0 bridgehead atoms. The van der Waals surface area contributed by atoms with Crippen LogP contribution in [0.4, 0.5) is 5.82 Å². The van der Waals surface area contributed by atoms with Crippen molar-refractivity contribution in [1.29, 1.82) is 0 Å². The number of furan rings is 1. The Bertz CT molecular complexity index is 1220. The predicted molar refractivity (Wildman–Crippen MR) is 119 cm³/mol. The maximum atomic E-state index is 13.2. The summed E-state index contributed by atoms with van der Waals surface area (Å²) in [6.07, 6.45) is 4.73. The fourth-order valence-electron chi connectivity index (χ4n) is 3.02. The summed E-state index contributed by atoms with van der Waals surface area (Å²) in [5.41, 5.74) is 1.28. The van der Waals surface area contributed by atoms with Crippen molar-refractivity contribution in [3.63, 3.8) is 0 Å². The van der Waals surface area contributed by atoms with Gasteiger partial charge in [0, 0.05) is 12.7 Å². The zero-order valence-electron chi connectivity index (χ0n) is 16.0. The van der Waals surface area contributed by atoms with E-state index in [0.29, 0.717) is 26.5 Å². The molecule has 10 heteroatoms. The quantitative estimate of drug-likeness (QED) is 0.443. The Balaban J connectivity index is 1.77. The van der Waals surface area contributed by atoms with Crippen molar-refractivity contribution < 1.29 is 14.3 Å². The third kappa shape index (κ3) is 3.89. The van der Waals surface area contributed by atoms with E-state index in [1.165, 1.54) is 21.6 Å². The normalized spacial score (nSPS) is 15.5. The first kappa shape index (κ1) is 20.3. The van der Waals surface area contributed by atoms with E-state index < -0.39 is 0 Å². The lowest BCUT2D eigenvalue weighted by Gasteiger charge is -2.12. The maximum Gasteiger partial charge on any atom is 0.267 e. The molecule has 3 aromatic rings. The molecule has 2 N–H and O–H groups in total. The van der Waals surface area contributed by atoms with Crippen molar-refractivity contribution in [1.82, 2.24) is 14.3 Å². The summed E-state index contributed by atoms with van der Waals surface area (Å²) in [6.45, 7) is 2.19. The first-order valence-electron chi connectivity index (χ1n) is 9.13. The number of nitrogens with zero attached hydrogens (tertiary/aromatic N) is 3. The molecule has 154 valence electrons. The van der Waals surface area contributed by atoms with Gasteiger partial charge in [-0.2, -0.15) is 0 Å². The summed E-state index contributed by atoms with van der Waals surface area (Å²) in [5, 5.41) is 12.1. The molecule has 0 aliphatic carbocycles. The van der Waals surface area contributed by atoms with E-state index in [4.69, 9.17) is 16.6 Å². The molecular weight excluding hydrogens is 424 g/mol. The van der Waals surface area contributed by atoms with Crippen LogP contribution in [0.25, 0.3) is 11.7 Å². The van der Waals surface area contributed by atoms with Crippen molar-refractivity contribution in [2.45, 2.75) is 13.5 Å². The third-order valence-electron chi connectivity index (χ3n) is 4.45. The minimum Gasteiger partial charge on any atom is -0.467 e. The number of carbonyl (C=O) groups is 1. The molecule has 0 atom stereocenters. The van der Waals surface area contributed by atoms with Crippen molar-refractivity contribution in [2.75, 3.05) is 18.5 Å². The number of fused-ring (bicyclic) bond motifs is 1. The summed E-state index contributed by atoms with van der Waals surface area (Å²) >= 11 is 6.47. The summed E-state index contributed by atoms with van der Waals surface area (Å²) in [5.74, 6) is 0.609. The van der Waals surface area contributed by atoms with Gasteiger partial charge < -0.3 is 14.8 Å². The Kier molecular flexibility index (Phi) is 5.71. The highest BCUT2D eigenvalue weighted by Crippen LogP contribution is 2.34. The highest BCUT2D eigenvalue weighted by Gasteiger charge is 2.33. The number of amides is 1. The molecule has 4 rings (SSSR count). The molecule has 0 aromatic carbocycles. The average Bonchev–Trinajstić information content (AvgIpc) is 3.33. The standard InChI is InChI=1S/C20H18N4O4S2/c1-12-4-5-16-22-17(21-6-7-25)14(18(26)23(16)10-12)9-15-19(27)24(20(29)30-15)11-13-3-2-8-28-13/h2-5,8-10,21,25H,6-7,11H2,1H3/b15-9-. The van der Waals surface area contributed by atoms with Gasteiger partial charge in [-0.05, 0) is 36.8 Å². The van der Waals surface area contributed by atoms with Gasteiger partial charge in [0.1, 0.15) is 21.5 Å². The summed E-state index contributed by atoms with van der Waals surface area (Å²) in [4.78, 5) is 32.3. The van der Waals surface area contributed by atoms with Gasteiger partial charge in [-0.25, -0.2) is 4.98 Å². The number of carbonyl (C=O) groups excluding carboxylic acids is 1. The second kappa shape index (κ2) is 8.42. The molecule has 4 heterocycles. The molecule has 30 heavy (non-hydrogen) atoms. The average molecular weight is 443 g/mol. The maximum absolute atomic E-state index is 13.2. The molecule has 3 aromatic heterocycles. The third-order valence-corrected chi connectivity index (χ3v) is 5.83. The van der Waals surface area contributed by atoms with E-state index in [2.05, 4.69) is 10.3 Å². The van der Waals surface area contributed by atoms with Crippen LogP contribution < -0.4 is 10.9 Å². The molecule has 1 aliphatic rings. The predicted octanol–water partition coefficient (Wildman–Crippen LogP) is 2.40. The number of rotatable bonds is 6. The van der Waals surface area contributed by atoms with Gasteiger partial charge >= 0.3 is 0 Å². The van der Waals surface area contributed by atoms with Gasteiger partial charge in [0.2, 0.25) is 0 Å². The van der Waals surface area contributed by atoms with Crippen LogP contribution in [0.1, 0.15) is 16.9 Å². The van der Waals surface area contributed by atoms with Crippen molar-refractivity contribution in [3.05, 3.63) is 68.9 Å². The van der Waals surface area contributed by atoms with Crippen LogP contribution in [-0.2, 0) is 11.3 Å². The molecule has 1 amide bonds. The first-order valence-corrected chi connectivity index (χ1v) is 10.4. The minimum atomic E-state index is -0.319. The molecular formula is C20H18N4O4S2. The second-order valence-corrected chi connectivity index (χ2v) is 8.29. The van der Waals surface area contributed by atoms with E-state index in [9.17, 15) is 14.7 Å². The second-order valence-electron chi connectivity index (χ2n) is 6.61. The largest absolute Gasteiger partial charge is 0.467 e. The van der Waals surface area contributed by atoms with E-state index >= 15 is 0 Å². The van der Waals surface area contributed by atoms with Gasteiger partial charge in [0.05, 0.1) is 29.9 Å². The number of thiocarbonyl (C=S) groups is 1. The van der Waals surface area contributed by atoms with Crippen LogP contribution in [-0.4, -0.2) is 42.8 Å². The first-order chi connectivity index (χ1) is 14.5. The lowest BCUT2D eigenvalue weighted by atomic mass is 10.2. The number of nitrogens with one attached hydrogen (secondary N) is 1. The van der Waals surface area contributed by atoms with E-state index in [1.807, 2.05) is 13.0 Å². The monoisotopic (exact) mass is 442 g/mol. The van der Waals surface area contributed by atoms with E-state index in [-0.39, 0.29) is 36.7 Å². The fourth-order valence-corrected chi connectivity index (χ4v) is 4.26. The lowest BCUT2D eigenvalue weighted by Crippen LogP contribution is -2.27. The highest BCUT2D eigenvalue weighted by molar-refractivity contribution is 8.26. The molecule has 0 saturated carbocycles. The molecule has 1 aliphatic heterocycles. The number of hydrogen-bond donors (Lipinski definition) is 2. The van der Waals surface area contributed by atoms with E-state index in [0.717, 1.165) is 17.3 Å². The molecule has 1 fully saturated rings. The Morgan fingerprint density at radius 3 is 2.90 bits per heavy atom. The molecule has 0 spiro atoms. The van der Waals surface area contributed by atoms with Crippen molar-refractivity contribution >= 4 is 51.7 Å². The number of anilines is 1. The summed E-state index contributed by atoms with van der Waals surface area (Å²) in [6, 6.07) is 7.11. The smallest absolute Gasteiger partial charge is 0.267 e. The van der Waals surface area contributed by atoms with Crippen LogP contribution in [0.2, 0.25) is 0 Å².